The maximum atomic E-state index is 12.5. The van der Waals surface area contributed by atoms with Crippen molar-refractivity contribution in [3.63, 3.8) is 0 Å². The van der Waals surface area contributed by atoms with E-state index < -0.39 is 30.6 Å². The summed E-state index contributed by atoms with van der Waals surface area (Å²) in [4.78, 5) is 20.6. The van der Waals surface area contributed by atoms with Crippen LogP contribution in [0.5, 0.6) is 5.88 Å². The van der Waals surface area contributed by atoms with Crippen LogP contribution in [0.1, 0.15) is 60.7 Å². The molecular weight excluding hydrogens is 401 g/mol. The highest BCUT2D eigenvalue weighted by molar-refractivity contribution is 6.32. The molecule has 7 nitrogen and oxygen atoms in total. The predicted molar refractivity (Wildman–Crippen MR) is 92.1 cm³/mol. The van der Waals surface area contributed by atoms with Gasteiger partial charge in [0.1, 0.15) is 11.1 Å². The molecule has 28 heavy (non-hydrogen) atoms. The summed E-state index contributed by atoms with van der Waals surface area (Å²) in [6.07, 6.45) is -1.39. The maximum Gasteiger partial charge on any atom is 0.422 e. The van der Waals surface area contributed by atoms with Crippen LogP contribution in [0, 0.1) is 5.92 Å². The third-order valence-corrected chi connectivity index (χ3v) is 4.33. The Morgan fingerprint density at radius 3 is 2.71 bits per heavy atom. The summed E-state index contributed by atoms with van der Waals surface area (Å²) < 4.78 is 46.5. The number of amides is 1. The van der Waals surface area contributed by atoms with E-state index in [0.29, 0.717) is 17.6 Å². The Morgan fingerprint density at radius 2 is 2.14 bits per heavy atom. The number of halogens is 4. The zero-order chi connectivity index (χ0) is 20.5. The molecule has 1 aliphatic carbocycles. The average Bonchev–Trinajstić information content (AvgIpc) is 3.35. The molecule has 11 heteroatoms. The summed E-state index contributed by atoms with van der Waals surface area (Å²) in [5, 5.41) is 6.52. The molecule has 2 heterocycles. The molecule has 1 aliphatic rings. The van der Waals surface area contributed by atoms with E-state index >= 15 is 0 Å². The van der Waals surface area contributed by atoms with Crippen molar-refractivity contribution in [3.8, 4) is 5.88 Å². The van der Waals surface area contributed by atoms with Gasteiger partial charge in [-0.2, -0.15) is 18.2 Å². The zero-order valence-electron chi connectivity index (χ0n) is 15.1. The Morgan fingerprint density at radius 1 is 1.43 bits per heavy atom. The number of aromatic nitrogens is 3. The first kappa shape index (κ1) is 20.4. The quantitative estimate of drug-likeness (QED) is 0.729. The smallest absolute Gasteiger partial charge is 0.422 e. The Bertz CT molecular complexity index is 852. The number of nitrogens with one attached hydrogen (secondary N) is 1. The fourth-order valence-electron chi connectivity index (χ4n) is 2.43. The van der Waals surface area contributed by atoms with Gasteiger partial charge in [0.05, 0.1) is 5.56 Å². The van der Waals surface area contributed by atoms with Crippen LogP contribution in [-0.2, 0) is 0 Å². The monoisotopic (exact) mass is 418 g/mol. The molecule has 1 saturated carbocycles. The van der Waals surface area contributed by atoms with Crippen molar-refractivity contribution in [2.45, 2.75) is 44.8 Å². The third kappa shape index (κ3) is 5.12. The molecule has 1 atom stereocenters. The molecule has 0 aliphatic heterocycles. The Labute approximate surface area is 163 Å². The van der Waals surface area contributed by atoms with Gasteiger partial charge >= 0.3 is 6.18 Å². The minimum absolute atomic E-state index is 0.0470. The van der Waals surface area contributed by atoms with Crippen molar-refractivity contribution in [2.24, 2.45) is 5.92 Å². The van der Waals surface area contributed by atoms with Crippen molar-refractivity contribution < 1.29 is 27.2 Å². The molecule has 1 amide bonds. The predicted octanol–water partition coefficient (Wildman–Crippen LogP) is 4.06. The number of hydrogen-bond donors (Lipinski definition) is 1. The molecule has 2 aromatic rings. The third-order valence-electron chi connectivity index (χ3n) is 4.06. The van der Waals surface area contributed by atoms with Gasteiger partial charge in [-0.25, -0.2) is 4.98 Å². The van der Waals surface area contributed by atoms with Gasteiger partial charge < -0.3 is 14.6 Å². The maximum absolute atomic E-state index is 12.5. The second-order valence-electron chi connectivity index (χ2n) is 6.88. The van der Waals surface area contributed by atoms with Crippen LogP contribution in [0.4, 0.5) is 13.2 Å². The van der Waals surface area contributed by atoms with Crippen molar-refractivity contribution in [1.29, 1.82) is 0 Å². The van der Waals surface area contributed by atoms with Crippen LogP contribution in [0.15, 0.2) is 16.8 Å². The average molecular weight is 419 g/mol. The molecular formula is C17H18ClF3N4O3. The van der Waals surface area contributed by atoms with Crippen molar-refractivity contribution in [3.05, 3.63) is 34.6 Å². The summed E-state index contributed by atoms with van der Waals surface area (Å²) in [6, 6.07) is 0.656. The van der Waals surface area contributed by atoms with Gasteiger partial charge in [0.15, 0.2) is 12.4 Å². The van der Waals surface area contributed by atoms with Gasteiger partial charge in [-0.1, -0.05) is 30.6 Å². The minimum atomic E-state index is -4.52. The summed E-state index contributed by atoms with van der Waals surface area (Å²) in [5.74, 6) is 0.270. The fraction of sp³-hybridized carbons (Fsp3) is 0.529. The molecule has 2 aromatic heterocycles. The van der Waals surface area contributed by atoms with Crippen LogP contribution in [0.2, 0.25) is 5.02 Å². The largest absolute Gasteiger partial charge is 0.467 e. The van der Waals surface area contributed by atoms with Gasteiger partial charge in [0.25, 0.3) is 5.91 Å². The number of rotatable bonds is 7. The van der Waals surface area contributed by atoms with Gasteiger partial charge in [-0.3, -0.25) is 4.79 Å². The molecule has 0 radical (unpaired) electrons. The van der Waals surface area contributed by atoms with E-state index in [1.54, 1.807) is 0 Å². The SMILES string of the molecule is CC(C)C(NC(=O)c1cnc(OCC(F)(F)F)c(Cl)c1)c1nc(C2CC2)no1. The molecule has 3 rings (SSSR count). The number of hydrogen-bond acceptors (Lipinski definition) is 6. The molecule has 1 N–H and O–H groups in total. The van der Waals surface area contributed by atoms with Crippen LogP contribution in [0.3, 0.4) is 0 Å². The van der Waals surface area contributed by atoms with Crippen LogP contribution < -0.4 is 10.1 Å². The molecule has 0 aromatic carbocycles. The van der Waals surface area contributed by atoms with E-state index in [0.717, 1.165) is 19.0 Å². The lowest BCUT2D eigenvalue weighted by Gasteiger charge is -2.18. The summed E-state index contributed by atoms with van der Waals surface area (Å²) in [7, 11) is 0. The van der Waals surface area contributed by atoms with E-state index in [9.17, 15) is 18.0 Å². The van der Waals surface area contributed by atoms with Gasteiger partial charge in [0, 0.05) is 12.1 Å². The van der Waals surface area contributed by atoms with E-state index in [-0.39, 0.29) is 16.5 Å². The number of nitrogens with zero attached hydrogens (tertiary/aromatic N) is 3. The van der Waals surface area contributed by atoms with E-state index in [4.69, 9.17) is 16.1 Å². The number of pyridine rings is 1. The number of alkyl halides is 3. The molecule has 0 saturated heterocycles. The Balaban J connectivity index is 1.70. The highest BCUT2D eigenvalue weighted by Crippen LogP contribution is 2.38. The van der Waals surface area contributed by atoms with Crippen molar-refractivity contribution >= 4 is 17.5 Å². The number of ether oxygens (including phenoxy) is 1. The van der Waals surface area contributed by atoms with Crippen LogP contribution in [-0.4, -0.2) is 33.8 Å². The first-order valence-electron chi connectivity index (χ1n) is 8.63. The van der Waals surface area contributed by atoms with Crippen LogP contribution in [0.25, 0.3) is 0 Å². The Kier molecular flexibility index (Phi) is 5.78. The lowest BCUT2D eigenvalue weighted by atomic mass is 10.0. The molecule has 1 fully saturated rings. The summed E-state index contributed by atoms with van der Waals surface area (Å²) in [5.41, 5.74) is 0.0666. The second kappa shape index (κ2) is 7.94. The molecule has 0 bridgehead atoms. The normalized spacial score (nSPS) is 15.5. The summed E-state index contributed by atoms with van der Waals surface area (Å²) in [6.45, 7) is 2.23. The minimum Gasteiger partial charge on any atom is -0.467 e. The first-order chi connectivity index (χ1) is 13.1. The van der Waals surface area contributed by atoms with Crippen molar-refractivity contribution in [1.82, 2.24) is 20.4 Å². The van der Waals surface area contributed by atoms with Gasteiger partial charge in [-0.15, -0.1) is 0 Å². The van der Waals surface area contributed by atoms with Crippen molar-refractivity contribution in [2.75, 3.05) is 6.61 Å². The van der Waals surface area contributed by atoms with Gasteiger partial charge in [-0.05, 0) is 24.8 Å². The highest BCUT2D eigenvalue weighted by Gasteiger charge is 2.32. The van der Waals surface area contributed by atoms with E-state index in [1.807, 2.05) is 13.8 Å². The summed E-state index contributed by atoms with van der Waals surface area (Å²) >= 11 is 5.89. The van der Waals surface area contributed by atoms with Crippen LogP contribution >= 0.6 is 11.6 Å². The topological polar surface area (TPSA) is 90.1 Å². The fourth-order valence-corrected chi connectivity index (χ4v) is 2.65. The zero-order valence-corrected chi connectivity index (χ0v) is 15.8. The van der Waals surface area contributed by atoms with E-state index in [2.05, 4.69) is 25.2 Å². The second-order valence-corrected chi connectivity index (χ2v) is 7.28. The lowest BCUT2D eigenvalue weighted by Crippen LogP contribution is -2.32. The molecule has 152 valence electrons. The first-order valence-corrected chi connectivity index (χ1v) is 9.01. The lowest BCUT2D eigenvalue weighted by molar-refractivity contribution is -0.154. The van der Waals surface area contributed by atoms with E-state index in [1.165, 1.54) is 6.07 Å². The number of carbonyl (C=O) groups is 1. The molecule has 0 spiro atoms. The Hall–Kier alpha value is -2.36. The standard InChI is InChI=1S/C17H18ClF3N4O3/c1-8(2)12(16-24-13(25-28-16)9-3-4-9)23-14(26)10-5-11(18)15(22-6-10)27-7-17(19,20)21/h5-6,8-9,12H,3-4,7H2,1-2H3,(H,23,26). The highest BCUT2D eigenvalue weighted by atomic mass is 35.5. The molecule has 1 unspecified atom stereocenters. The van der Waals surface area contributed by atoms with Gasteiger partial charge in [0.2, 0.25) is 11.8 Å². The number of carbonyl (C=O) groups excluding carboxylic acids is 1.